The zero-order valence-corrected chi connectivity index (χ0v) is 23.5. The molecule has 210 valence electrons. The summed E-state index contributed by atoms with van der Waals surface area (Å²) in [6, 6.07) is 7.87. The van der Waals surface area contributed by atoms with Crippen LogP contribution < -0.4 is 10.4 Å². The molecular formula is C29H49N3O5. The fraction of sp³-hybridized carbons (Fsp3) is 0.724. The molecule has 1 aromatic rings. The molecule has 1 amide bonds. The molecule has 0 radical (unpaired) electrons. The van der Waals surface area contributed by atoms with Crippen LogP contribution in [0.1, 0.15) is 84.6 Å². The first kappa shape index (κ1) is 31.2. The van der Waals surface area contributed by atoms with Gasteiger partial charge in [-0.1, -0.05) is 58.6 Å². The van der Waals surface area contributed by atoms with Crippen LogP contribution in [0.25, 0.3) is 0 Å². The third-order valence-electron chi connectivity index (χ3n) is 7.20. The smallest absolute Gasteiger partial charge is 0.305 e. The maximum absolute atomic E-state index is 12.2. The van der Waals surface area contributed by atoms with E-state index < -0.39 is 6.10 Å². The molecule has 1 heterocycles. The van der Waals surface area contributed by atoms with Gasteiger partial charge in [0.1, 0.15) is 6.61 Å². The van der Waals surface area contributed by atoms with Gasteiger partial charge < -0.3 is 14.6 Å². The van der Waals surface area contributed by atoms with Crippen molar-refractivity contribution in [3.05, 3.63) is 29.8 Å². The van der Waals surface area contributed by atoms with Crippen molar-refractivity contribution in [2.24, 2.45) is 0 Å². The number of aliphatic hydroxyl groups is 1. The van der Waals surface area contributed by atoms with Crippen molar-refractivity contribution in [2.75, 3.05) is 51.0 Å². The van der Waals surface area contributed by atoms with E-state index in [-0.39, 0.29) is 17.3 Å². The van der Waals surface area contributed by atoms with Crippen LogP contribution in [-0.4, -0.2) is 74.0 Å². The van der Waals surface area contributed by atoms with E-state index in [9.17, 15) is 14.7 Å². The number of hydrazine groups is 1. The number of anilines is 1. The van der Waals surface area contributed by atoms with Gasteiger partial charge in [0, 0.05) is 44.9 Å². The lowest BCUT2D eigenvalue weighted by Gasteiger charge is -2.32. The number of rotatable bonds is 17. The molecule has 0 aromatic heterocycles. The quantitative estimate of drug-likeness (QED) is 0.181. The topological polar surface area (TPSA) is 91.3 Å². The minimum absolute atomic E-state index is 0.0742. The molecule has 0 spiro atoms. The number of aliphatic hydroxyl groups excluding tert-OH is 1. The number of ether oxygens (including phenoxy) is 2. The van der Waals surface area contributed by atoms with Crippen molar-refractivity contribution in [3.63, 3.8) is 0 Å². The summed E-state index contributed by atoms with van der Waals surface area (Å²) in [5, 5.41) is 12.2. The van der Waals surface area contributed by atoms with Crippen molar-refractivity contribution >= 4 is 17.6 Å². The number of hydrogen-bond donors (Lipinski definition) is 2. The number of benzene rings is 1. The summed E-state index contributed by atoms with van der Waals surface area (Å²) in [7, 11) is 0. The summed E-state index contributed by atoms with van der Waals surface area (Å²) < 4.78 is 10.7. The van der Waals surface area contributed by atoms with E-state index in [1.807, 2.05) is 24.3 Å². The molecule has 0 aliphatic carbocycles. The van der Waals surface area contributed by atoms with Crippen molar-refractivity contribution in [2.45, 2.75) is 90.6 Å². The van der Waals surface area contributed by atoms with Gasteiger partial charge in [-0.25, -0.2) is 10.4 Å². The maximum Gasteiger partial charge on any atom is 0.305 e. The summed E-state index contributed by atoms with van der Waals surface area (Å²) in [6.45, 7) is 13.0. The number of nitrogens with one attached hydrogen (secondary N) is 1. The lowest BCUT2D eigenvalue weighted by molar-refractivity contribution is -0.144. The molecule has 0 saturated carbocycles. The molecular weight excluding hydrogens is 470 g/mol. The van der Waals surface area contributed by atoms with Gasteiger partial charge in [0.15, 0.2) is 0 Å². The van der Waals surface area contributed by atoms with Crippen molar-refractivity contribution in [3.8, 4) is 0 Å². The van der Waals surface area contributed by atoms with Crippen LogP contribution in [0.2, 0.25) is 0 Å². The summed E-state index contributed by atoms with van der Waals surface area (Å²) in [6.07, 6.45) is 6.54. The summed E-state index contributed by atoms with van der Waals surface area (Å²) in [5.74, 6) is -0.200. The highest BCUT2D eigenvalue weighted by atomic mass is 16.5. The molecule has 0 bridgehead atoms. The van der Waals surface area contributed by atoms with Crippen molar-refractivity contribution < 1.29 is 24.2 Å². The number of morpholine rings is 1. The number of carbonyl (C=O) groups is 2. The first-order chi connectivity index (χ1) is 17.8. The Bertz CT molecular complexity index is 793. The Hall–Kier alpha value is -2.00. The molecule has 8 nitrogen and oxygen atoms in total. The molecule has 1 aliphatic heterocycles. The largest absolute Gasteiger partial charge is 0.464 e. The van der Waals surface area contributed by atoms with Crippen LogP contribution in [0.4, 0.5) is 5.69 Å². The normalized spacial score (nSPS) is 15.4. The maximum atomic E-state index is 12.2. The Balaban J connectivity index is 1.65. The third kappa shape index (κ3) is 11.1. The van der Waals surface area contributed by atoms with E-state index in [4.69, 9.17) is 9.47 Å². The first-order valence-corrected chi connectivity index (χ1v) is 14.0. The standard InChI is InChI=1S/C29H49N3O5/c1-5-6-11-27(34)29(3,4)25-13-15-26(16-14-25)32(24(2)33)30-17-10-8-7-9-12-28(35)37-23-20-31-18-21-36-22-19-31/h13-16,27,30,34H,5-12,17-23H2,1-4H3. The molecule has 37 heavy (non-hydrogen) atoms. The minimum Gasteiger partial charge on any atom is -0.464 e. The Morgan fingerprint density at radius 1 is 1.11 bits per heavy atom. The third-order valence-corrected chi connectivity index (χ3v) is 7.20. The lowest BCUT2D eigenvalue weighted by atomic mass is 9.77. The average Bonchev–Trinajstić information content (AvgIpc) is 2.89. The molecule has 2 rings (SSSR count). The van der Waals surface area contributed by atoms with Crippen LogP contribution in [0.5, 0.6) is 0 Å². The van der Waals surface area contributed by atoms with Crippen LogP contribution in [0.15, 0.2) is 24.3 Å². The molecule has 1 atom stereocenters. The van der Waals surface area contributed by atoms with Crippen LogP contribution in [-0.2, 0) is 24.5 Å². The Morgan fingerprint density at radius 2 is 1.78 bits per heavy atom. The Morgan fingerprint density at radius 3 is 2.43 bits per heavy atom. The molecule has 1 fully saturated rings. The van der Waals surface area contributed by atoms with Crippen LogP contribution in [0, 0.1) is 0 Å². The highest BCUT2D eigenvalue weighted by molar-refractivity contribution is 5.90. The van der Waals surface area contributed by atoms with E-state index in [2.05, 4.69) is 31.1 Å². The van der Waals surface area contributed by atoms with Gasteiger partial charge in [-0.3, -0.25) is 14.5 Å². The van der Waals surface area contributed by atoms with Crippen LogP contribution in [0.3, 0.4) is 0 Å². The van der Waals surface area contributed by atoms with E-state index >= 15 is 0 Å². The number of nitrogens with zero attached hydrogens (tertiary/aromatic N) is 2. The second kappa shape index (κ2) is 16.8. The highest BCUT2D eigenvalue weighted by Crippen LogP contribution is 2.31. The SMILES string of the molecule is CCCCC(O)C(C)(C)c1ccc(N(NCCCCCCC(=O)OCCN2CCOCC2)C(C)=O)cc1. The minimum atomic E-state index is -0.405. The average molecular weight is 520 g/mol. The Kier molecular flexibility index (Phi) is 14.1. The van der Waals surface area contributed by atoms with Crippen molar-refractivity contribution in [1.29, 1.82) is 0 Å². The van der Waals surface area contributed by atoms with E-state index in [0.717, 1.165) is 89.0 Å². The summed E-state index contributed by atoms with van der Waals surface area (Å²) in [5.41, 5.74) is 4.73. The van der Waals surface area contributed by atoms with Gasteiger partial charge in [-0.15, -0.1) is 0 Å². The molecule has 1 aromatic carbocycles. The zero-order chi connectivity index (χ0) is 27.1. The van der Waals surface area contributed by atoms with E-state index in [1.165, 1.54) is 0 Å². The number of amides is 1. The van der Waals surface area contributed by atoms with Gasteiger partial charge in [-0.05, 0) is 37.0 Å². The molecule has 2 N–H and O–H groups in total. The number of hydrogen-bond acceptors (Lipinski definition) is 7. The summed E-state index contributed by atoms with van der Waals surface area (Å²) in [4.78, 5) is 26.4. The van der Waals surface area contributed by atoms with Gasteiger partial charge >= 0.3 is 5.97 Å². The van der Waals surface area contributed by atoms with E-state index in [1.54, 1.807) is 11.9 Å². The fourth-order valence-electron chi connectivity index (χ4n) is 4.50. The molecule has 8 heteroatoms. The molecule has 1 saturated heterocycles. The predicted molar refractivity (Wildman–Crippen MR) is 147 cm³/mol. The Labute approximate surface area is 223 Å². The molecule has 1 aliphatic rings. The van der Waals surface area contributed by atoms with Crippen molar-refractivity contribution in [1.82, 2.24) is 10.3 Å². The number of esters is 1. The monoisotopic (exact) mass is 519 g/mol. The lowest BCUT2D eigenvalue weighted by Crippen LogP contribution is -2.42. The second-order valence-corrected chi connectivity index (χ2v) is 10.5. The first-order valence-electron chi connectivity index (χ1n) is 14.0. The second-order valence-electron chi connectivity index (χ2n) is 10.5. The van der Waals surface area contributed by atoms with Gasteiger partial charge in [0.05, 0.1) is 25.0 Å². The summed E-state index contributed by atoms with van der Waals surface area (Å²) >= 11 is 0. The zero-order valence-electron chi connectivity index (χ0n) is 23.5. The van der Waals surface area contributed by atoms with Crippen LogP contribution >= 0.6 is 0 Å². The van der Waals surface area contributed by atoms with E-state index in [0.29, 0.717) is 19.6 Å². The van der Waals surface area contributed by atoms with Gasteiger partial charge in [0.25, 0.3) is 0 Å². The highest BCUT2D eigenvalue weighted by Gasteiger charge is 2.29. The number of unbranched alkanes of at least 4 members (excludes halogenated alkanes) is 4. The predicted octanol–water partition coefficient (Wildman–Crippen LogP) is 4.20. The van der Waals surface area contributed by atoms with Gasteiger partial charge in [-0.2, -0.15) is 0 Å². The van der Waals surface area contributed by atoms with Gasteiger partial charge in [0.2, 0.25) is 5.91 Å². The molecule has 1 unspecified atom stereocenters. The number of carbonyl (C=O) groups excluding carboxylic acids is 2. The fourth-order valence-corrected chi connectivity index (χ4v) is 4.50.